The highest BCUT2D eigenvalue weighted by Gasteiger charge is 2.08. The molecule has 0 aliphatic carbocycles. The highest BCUT2D eigenvalue weighted by Crippen LogP contribution is 2.27. The van der Waals surface area contributed by atoms with Gasteiger partial charge in [0.2, 0.25) is 0 Å². The highest BCUT2D eigenvalue weighted by molar-refractivity contribution is 5.94. The lowest BCUT2D eigenvalue weighted by atomic mass is 10.1. The van der Waals surface area contributed by atoms with E-state index in [4.69, 9.17) is 0 Å². The fourth-order valence-electron chi connectivity index (χ4n) is 2.35. The molecule has 0 bridgehead atoms. The van der Waals surface area contributed by atoms with Crippen LogP contribution < -0.4 is 5.32 Å². The molecule has 2 heterocycles. The van der Waals surface area contributed by atoms with Gasteiger partial charge < -0.3 is 15.3 Å². The lowest BCUT2D eigenvalue weighted by molar-refractivity contribution is 0.707. The summed E-state index contributed by atoms with van der Waals surface area (Å²) in [6.45, 7) is 1.02. The van der Waals surface area contributed by atoms with E-state index in [0.717, 1.165) is 36.4 Å². The van der Waals surface area contributed by atoms with E-state index in [0.29, 0.717) is 0 Å². The van der Waals surface area contributed by atoms with Crippen LogP contribution in [0.15, 0.2) is 36.7 Å². The molecule has 0 saturated heterocycles. The molecular formula is C15H18N4. The molecule has 1 aromatic carbocycles. The summed E-state index contributed by atoms with van der Waals surface area (Å²) in [6, 6.07) is 8.31. The molecule has 0 unspecified atom stereocenters. The fraction of sp³-hybridized carbons (Fsp3) is 0.267. The Hall–Kier alpha value is -2.07. The van der Waals surface area contributed by atoms with Crippen LogP contribution in [0.25, 0.3) is 22.2 Å². The number of rotatable bonds is 5. The third kappa shape index (κ3) is 2.39. The zero-order valence-corrected chi connectivity index (χ0v) is 11.0. The summed E-state index contributed by atoms with van der Waals surface area (Å²) in [5, 5.41) is 4.38. The van der Waals surface area contributed by atoms with Crippen molar-refractivity contribution in [2.75, 3.05) is 13.6 Å². The number of benzene rings is 1. The van der Waals surface area contributed by atoms with E-state index in [2.05, 4.69) is 38.5 Å². The fourth-order valence-corrected chi connectivity index (χ4v) is 2.35. The number of aromatic amines is 2. The minimum absolute atomic E-state index is 0.975. The molecule has 3 aromatic rings. The number of aryl methyl sites for hydroxylation is 1. The number of aromatic nitrogens is 3. The van der Waals surface area contributed by atoms with E-state index in [-0.39, 0.29) is 0 Å². The van der Waals surface area contributed by atoms with Crippen LogP contribution in [0.4, 0.5) is 0 Å². The molecule has 4 heteroatoms. The molecule has 0 spiro atoms. The average molecular weight is 254 g/mol. The van der Waals surface area contributed by atoms with Crippen LogP contribution in [-0.4, -0.2) is 28.5 Å². The van der Waals surface area contributed by atoms with E-state index in [1.165, 1.54) is 10.9 Å². The maximum Gasteiger partial charge on any atom is 0.106 e. The first-order valence-electron chi connectivity index (χ1n) is 6.63. The maximum atomic E-state index is 4.45. The van der Waals surface area contributed by atoms with Gasteiger partial charge in [0.05, 0.1) is 11.9 Å². The zero-order valence-electron chi connectivity index (χ0n) is 11.0. The van der Waals surface area contributed by atoms with Gasteiger partial charge in [0.25, 0.3) is 0 Å². The first-order valence-corrected chi connectivity index (χ1v) is 6.63. The Balaban J connectivity index is 1.86. The summed E-state index contributed by atoms with van der Waals surface area (Å²) in [5.41, 5.74) is 3.42. The summed E-state index contributed by atoms with van der Waals surface area (Å²) in [6.07, 6.45) is 6.03. The van der Waals surface area contributed by atoms with Gasteiger partial charge in [-0.15, -0.1) is 0 Å². The normalized spacial score (nSPS) is 11.2. The van der Waals surface area contributed by atoms with Crippen molar-refractivity contribution >= 4 is 10.9 Å². The van der Waals surface area contributed by atoms with Gasteiger partial charge >= 0.3 is 0 Å². The topological polar surface area (TPSA) is 56.5 Å². The van der Waals surface area contributed by atoms with E-state index >= 15 is 0 Å². The largest absolute Gasteiger partial charge is 0.360 e. The lowest BCUT2D eigenvalue weighted by Crippen LogP contribution is -2.08. The van der Waals surface area contributed by atoms with Crippen LogP contribution in [0.2, 0.25) is 0 Å². The average Bonchev–Trinajstić information content (AvgIpc) is 3.05. The van der Waals surface area contributed by atoms with Crippen molar-refractivity contribution in [3.8, 4) is 11.3 Å². The van der Waals surface area contributed by atoms with Gasteiger partial charge in [0, 0.05) is 29.1 Å². The Labute approximate surface area is 112 Å². The van der Waals surface area contributed by atoms with E-state index in [9.17, 15) is 0 Å². The van der Waals surface area contributed by atoms with Crippen molar-refractivity contribution in [3.05, 3.63) is 42.5 Å². The number of para-hydroxylation sites is 1. The number of nitrogens with zero attached hydrogens (tertiary/aromatic N) is 1. The second-order valence-electron chi connectivity index (χ2n) is 4.70. The number of hydrogen-bond donors (Lipinski definition) is 3. The number of hydrogen-bond acceptors (Lipinski definition) is 2. The molecular weight excluding hydrogens is 236 g/mol. The molecule has 98 valence electrons. The number of imidazole rings is 1. The predicted octanol–water partition coefficient (Wildman–Crippen LogP) is 2.71. The maximum absolute atomic E-state index is 4.45. The SMILES string of the molecule is CNCCCc1ncc(-c2c[nH]c3ccccc23)[nH]1. The quantitative estimate of drug-likeness (QED) is 0.613. The second kappa shape index (κ2) is 5.28. The van der Waals surface area contributed by atoms with Crippen LogP contribution in [0.1, 0.15) is 12.2 Å². The highest BCUT2D eigenvalue weighted by atomic mass is 14.9. The van der Waals surface area contributed by atoms with E-state index in [1.54, 1.807) is 0 Å². The van der Waals surface area contributed by atoms with Crippen LogP contribution in [0, 0.1) is 0 Å². The Bertz CT molecular complexity index is 665. The minimum Gasteiger partial charge on any atom is -0.360 e. The predicted molar refractivity (Wildman–Crippen MR) is 78.1 cm³/mol. The van der Waals surface area contributed by atoms with Gasteiger partial charge in [0.1, 0.15) is 5.82 Å². The van der Waals surface area contributed by atoms with Crippen molar-refractivity contribution < 1.29 is 0 Å². The monoisotopic (exact) mass is 254 g/mol. The van der Waals surface area contributed by atoms with Gasteiger partial charge in [0.15, 0.2) is 0 Å². The first-order chi connectivity index (χ1) is 9.38. The Kier molecular flexibility index (Phi) is 3.33. The lowest BCUT2D eigenvalue weighted by Gasteiger charge is -1.97. The van der Waals surface area contributed by atoms with Crippen LogP contribution in [0.3, 0.4) is 0 Å². The summed E-state index contributed by atoms with van der Waals surface area (Å²) in [7, 11) is 1.97. The van der Waals surface area contributed by atoms with Crippen molar-refractivity contribution in [3.63, 3.8) is 0 Å². The first kappa shape index (κ1) is 12.0. The molecule has 3 N–H and O–H groups in total. The van der Waals surface area contributed by atoms with E-state index < -0.39 is 0 Å². The standard InChI is InChI=1S/C15H18N4/c1-16-8-4-7-15-18-10-14(19-15)12-9-17-13-6-3-2-5-11(12)13/h2-3,5-6,9-10,16-17H,4,7-8H2,1H3,(H,18,19). The molecule has 0 amide bonds. The van der Waals surface area contributed by atoms with E-state index in [1.807, 2.05) is 25.5 Å². The number of nitrogens with one attached hydrogen (secondary N) is 3. The minimum atomic E-state index is 0.975. The molecule has 3 rings (SSSR count). The molecule has 4 nitrogen and oxygen atoms in total. The van der Waals surface area contributed by atoms with Crippen LogP contribution in [-0.2, 0) is 6.42 Å². The van der Waals surface area contributed by atoms with Gasteiger partial charge in [-0.25, -0.2) is 4.98 Å². The summed E-state index contributed by atoms with van der Waals surface area (Å²) in [4.78, 5) is 11.2. The van der Waals surface area contributed by atoms with Gasteiger partial charge in [-0.05, 0) is 26.1 Å². The van der Waals surface area contributed by atoms with Gasteiger partial charge in [-0.3, -0.25) is 0 Å². The Morgan fingerprint density at radius 1 is 1.26 bits per heavy atom. The van der Waals surface area contributed by atoms with Crippen LogP contribution >= 0.6 is 0 Å². The second-order valence-corrected chi connectivity index (χ2v) is 4.70. The molecule has 19 heavy (non-hydrogen) atoms. The summed E-state index contributed by atoms with van der Waals surface area (Å²) in [5.74, 6) is 1.05. The molecule has 0 fully saturated rings. The molecule has 0 radical (unpaired) electrons. The third-order valence-corrected chi connectivity index (χ3v) is 3.35. The van der Waals surface area contributed by atoms with Crippen molar-refractivity contribution in [2.45, 2.75) is 12.8 Å². The van der Waals surface area contributed by atoms with Crippen molar-refractivity contribution in [1.29, 1.82) is 0 Å². The summed E-state index contributed by atoms with van der Waals surface area (Å²) < 4.78 is 0. The molecule has 0 saturated carbocycles. The summed E-state index contributed by atoms with van der Waals surface area (Å²) >= 11 is 0. The number of fused-ring (bicyclic) bond motifs is 1. The Morgan fingerprint density at radius 3 is 3.05 bits per heavy atom. The smallest absolute Gasteiger partial charge is 0.106 e. The zero-order chi connectivity index (χ0) is 13.1. The Morgan fingerprint density at radius 2 is 2.16 bits per heavy atom. The van der Waals surface area contributed by atoms with Crippen molar-refractivity contribution in [2.24, 2.45) is 0 Å². The molecule has 0 aliphatic heterocycles. The molecule has 0 aliphatic rings. The van der Waals surface area contributed by atoms with Crippen molar-refractivity contribution in [1.82, 2.24) is 20.3 Å². The molecule has 2 aromatic heterocycles. The van der Waals surface area contributed by atoms with Gasteiger partial charge in [-0.2, -0.15) is 0 Å². The van der Waals surface area contributed by atoms with Crippen LogP contribution in [0.5, 0.6) is 0 Å². The molecule has 0 atom stereocenters. The van der Waals surface area contributed by atoms with Gasteiger partial charge in [-0.1, -0.05) is 18.2 Å². The number of H-pyrrole nitrogens is 2. The third-order valence-electron chi connectivity index (χ3n) is 3.35.